The third-order valence-electron chi connectivity index (χ3n) is 2.55. The molecule has 0 aromatic rings. The topological polar surface area (TPSA) is 60.4 Å². The zero-order valence-electron chi connectivity index (χ0n) is 8.62. The maximum atomic E-state index is 11.1. The molecule has 0 N–H and O–H groups in total. The highest BCUT2D eigenvalue weighted by Gasteiger charge is 2.24. The Kier molecular flexibility index (Phi) is 6.68. The van der Waals surface area contributed by atoms with Gasteiger partial charge in [0.15, 0.2) is 0 Å². The summed E-state index contributed by atoms with van der Waals surface area (Å²) in [6, 6.07) is 0. The van der Waals surface area contributed by atoms with Gasteiger partial charge in [0.05, 0.1) is 13.0 Å². The highest BCUT2D eigenvalue weighted by Crippen LogP contribution is 2.28. The fourth-order valence-electron chi connectivity index (χ4n) is 1.66. The summed E-state index contributed by atoms with van der Waals surface area (Å²) in [5.74, 6) is 0.976. The van der Waals surface area contributed by atoms with Crippen molar-refractivity contribution < 1.29 is 19.1 Å². The summed E-state index contributed by atoms with van der Waals surface area (Å²) < 4.78 is 4.69. The number of hydrogen-bond acceptors (Lipinski definition) is 4. The Morgan fingerprint density at radius 3 is 2.00 bits per heavy atom. The van der Waals surface area contributed by atoms with E-state index >= 15 is 0 Å². The summed E-state index contributed by atoms with van der Waals surface area (Å²) in [5.41, 5.74) is 0. The van der Waals surface area contributed by atoms with Gasteiger partial charge in [0, 0.05) is 0 Å². The first-order valence-electron chi connectivity index (χ1n) is 4.72. The summed E-state index contributed by atoms with van der Waals surface area (Å²) >= 11 is 0. The molecule has 0 aromatic carbocycles. The first kappa shape index (κ1) is 12.8. The second-order valence-corrected chi connectivity index (χ2v) is 3.56. The van der Waals surface area contributed by atoms with Gasteiger partial charge in [0.1, 0.15) is 0 Å². The molecular weight excluding hydrogens is 184 g/mol. The molecule has 4 nitrogen and oxygen atoms in total. The molecule has 1 aliphatic rings. The fraction of sp³-hybridized carbons (Fsp3) is 0.800. The Labute approximate surface area is 83.6 Å². The first-order chi connectivity index (χ1) is 6.65. The van der Waals surface area contributed by atoms with Crippen LogP contribution in [-0.4, -0.2) is 19.2 Å². The number of rotatable bonds is 1. The lowest BCUT2D eigenvalue weighted by Gasteiger charge is -2.23. The van der Waals surface area contributed by atoms with E-state index in [1.165, 1.54) is 20.0 Å². The summed E-state index contributed by atoms with van der Waals surface area (Å²) in [4.78, 5) is 27.3. The molecule has 0 aromatic heterocycles. The van der Waals surface area contributed by atoms with Crippen molar-refractivity contribution in [2.75, 3.05) is 7.11 Å². The zero-order chi connectivity index (χ0) is 11.0. The lowest BCUT2D eigenvalue weighted by atomic mass is 9.83. The van der Waals surface area contributed by atoms with E-state index in [1.54, 1.807) is 0 Å². The van der Waals surface area contributed by atoms with Gasteiger partial charge < -0.3 is 4.74 Å². The molecule has 0 heterocycles. The second-order valence-electron chi connectivity index (χ2n) is 3.56. The standard InChI is InChI=1S/C9H16O2.CO2/c1-7-3-5-8(6-4-7)9(10)11-2;2-1-3/h7-8H,3-6H2,1-2H3;. The van der Waals surface area contributed by atoms with E-state index in [1.807, 2.05) is 0 Å². The van der Waals surface area contributed by atoms with Crippen LogP contribution in [0, 0.1) is 11.8 Å². The van der Waals surface area contributed by atoms with Crippen molar-refractivity contribution in [3.05, 3.63) is 0 Å². The number of hydrogen-bond donors (Lipinski definition) is 0. The zero-order valence-corrected chi connectivity index (χ0v) is 8.62. The SMILES string of the molecule is COC(=O)C1CCC(C)CC1.O=C=O. The van der Waals surface area contributed by atoms with Crippen LogP contribution in [0.5, 0.6) is 0 Å². The molecule has 0 spiro atoms. The van der Waals surface area contributed by atoms with Crippen LogP contribution < -0.4 is 0 Å². The van der Waals surface area contributed by atoms with Crippen molar-refractivity contribution in [2.24, 2.45) is 11.8 Å². The van der Waals surface area contributed by atoms with Gasteiger partial charge in [0.2, 0.25) is 0 Å². The molecule has 1 rings (SSSR count). The van der Waals surface area contributed by atoms with E-state index in [-0.39, 0.29) is 18.0 Å². The lowest BCUT2D eigenvalue weighted by Crippen LogP contribution is -2.21. The molecule has 1 fully saturated rings. The quantitative estimate of drug-likeness (QED) is 0.600. The van der Waals surface area contributed by atoms with Crippen molar-refractivity contribution in [1.82, 2.24) is 0 Å². The van der Waals surface area contributed by atoms with Gasteiger partial charge in [-0.3, -0.25) is 4.79 Å². The van der Waals surface area contributed by atoms with Crippen molar-refractivity contribution in [3.8, 4) is 0 Å². The van der Waals surface area contributed by atoms with Crippen LogP contribution in [0.4, 0.5) is 0 Å². The predicted molar refractivity (Wildman–Crippen MR) is 48.1 cm³/mol. The molecular formula is C10H16O4. The Morgan fingerprint density at radius 2 is 1.64 bits per heavy atom. The molecule has 14 heavy (non-hydrogen) atoms. The molecule has 4 heteroatoms. The Hall–Kier alpha value is -1.15. The van der Waals surface area contributed by atoms with Gasteiger partial charge in [-0.2, -0.15) is 9.59 Å². The van der Waals surface area contributed by atoms with Gasteiger partial charge in [-0.25, -0.2) is 0 Å². The third kappa shape index (κ3) is 4.77. The number of ether oxygens (including phenoxy) is 1. The van der Waals surface area contributed by atoms with E-state index in [9.17, 15) is 4.79 Å². The number of carbonyl (C=O) groups excluding carboxylic acids is 3. The largest absolute Gasteiger partial charge is 0.469 e. The van der Waals surface area contributed by atoms with E-state index in [0.29, 0.717) is 0 Å². The minimum absolute atomic E-state index is 0.0168. The van der Waals surface area contributed by atoms with Crippen LogP contribution in [0.25, 0.3) is 0 Å². The van der Waals surface area contributed by atoms with E-state index < -0.39 is 0 Å². The van der Waals surface area contributed by atoms with Crippen LogP contribution in [0.15, 0.2) is 0 Å². The van der Waals surface area contributed by atoms with Crippen molar-refractivity contribution in [3.63, 3.8) is 0 Å². The maximum Gasteiger partial charge on any atom is 0.373 e. The third-order valence-corrected chi connectivity index (χ3v) is 2.55. The highest BCUT2D eigenvalue weighted by molar-refractivity contribution is 5.72. The Balaban J connectivity index is 0.000000500. The van der Waals surface area contributed by atoms with Crippen LogP contribution in [0.2, 0.25) is 0 Å². The van der Waals surface area contributed by atoms with Crippen LogP contribution >= 0.6 is 0 Å². The second kappa shape index (κ2) is 7.27. The lowest BCUT2D eigenvalue weighted by molar-refractivity contribution is -0.191. The van der Waals surface area contributed by atoms with Crippen molar-refractivity contribution >= 4 is 12.1 Å². The number of esters is 1. The van der Waals surface area contributed by atoms with Crippen molar-refractivity contribution in [2.45, 2.75) is 32.6 Å². The van der Waals surface area contributed by atoms with Crippen LogP contribution in [0.3, 0.4) is 0 Å². The fourth-order valence-corrected chi connectivity index (χ4v) is 1.66. The molecule has 1 saturated carbocycles. The predicted octanol–water partition coefficient (Wildman–Crippen LogP) is 1.40. The molecule has 0 bridgehead atoms. The Bertz CT molecular complexity index is 198. The molecule has 0 atom stereocenters. The maximum absolute atomic E-state index is 11.1. The van der Waals surface area contributed by atoms with Gasteiger partial charge in [-0.1, -0.05) is 6.92 Å². The molecule has 0 saturated heterocycles. The Morgan fingerprint density at radius 1 is 1.21 bits per heavy atom. The average molecular weight is 200 g/mol. The molecule has 0 amide bonds. The normalized spacial score (nSPS) is 25.3. The van der Waals surface area contributed by atoms with E-state index in [0.717, 1.165) is 18.8 Å². The summed E-state index contributed by atoms with van der Waals surface area (Å²) in [7, 11) is 1.47. The van der Waals surface area contributed by atoms with Gasteiger partial charge in [-0.15, -0.1) is 0 Å². The number of carbonyl (C=O) groups is 1. The van der Waals surface area contributed by atoms with Crippen molar-refractivity contribution in [1.29, 1.82) is 0 Å². The smallest absolute Gasteiger partial charge is 0.373 e. The average Bonchev–Trinajstić information content (AvgIpc) is 2.19. The molecule has 0 aliphatic heterocycles. The van der Waals surface area contributed by atoms with Gasteiger partial charge in [0.25, 0.3) is 0 Å². The monoisotopic (exact) mass is 200 g/mol. The van der Waals surface area contributed by atoms with Crippen LogP contribution in [-0.2, 0) is 19.1 Å². The first-order valence-corrected chi connectivity index (χ1v) is 4.72. The van der Waals surface area contributed by atoms with E-state index in [2.05, 4.69) is 11.7 Å². The minimum atomic E-state index is -0.0168. The van der Waals surface area contributed by atoms with Gasteiger partial charge in [-0.05, 0) is 31.6 Å². The molecule has 1 aliphatic carbocycles. The summed E-state index contributed by atoms with van der Waals surface area (Å²) in [5, 5.41) is 0. The minimum Gasteiger partial charge on any atom is -0.469 e. The van der Waals surface area contributed by atoms with E-state index in [4.69, 9.17) is 9.59 Å². The molecule has 0 unspecified atom stereocenters. The van der Waals surface area contributed by atoms with Crippen LogP contribution in [0.1, 0.15) is 32.6 Å². The molecule has 80 valence electrons. The number of methoxy groups -OCH3 is 1. The highest BCUT2D eigenvalue weighted by atomic mass is 16.5. The van der Waals surface area contributed by atoms with Gasteiger partial charge >= 0.3 is 12.1 Å². The summed E-state index contributed by atoms with van der Waals surface area (Å²) in [6.45, 7) is 2.24. The summed E-state index contributed by atoms with van der Waals surface area (Å²) in [6.07, 6.45) is 4.65. The molecule has 0 radical (unpaired) electrons.